The Hall–Kier alpha value is -1.42. The SMILES string of the molecule is CCOC(=O)[C@@H](Cl)c1cccc(OC)c1OC. The van der Waals surface area contributed by atoms with Gasteiger partial charge in [0.25, 0.3) is 0 Å². The maximum atomic E-state index is 11.6. The van der Waals surface area contributed by atoms with Gasteiger partial charge in [0.1, 0.15) is 0 Å². The van der Waals surface area contributed by atoms with Crippen molar-refractivity contribution < 1.29 is 19.0 Å². The van der Waals surface area contributed by atoms with Crippen LogP contribution in [0.2, 0.25) is 0 Å². The fourth-order valence-corrected chi connectivity index (χ4v) is 1.69. The molecule has 0 saturated heterocycles. The average Bonchev–Trinajstić information content (AvgIpc) is 2.36. The van der Waals surface area contributed by atoms with E-state index in [-0.39, 0.29) is 6.61 Å². The van der Waals surface area contributed by atoms with E-state index < -0.39 is 11.3 Å². The molecule has 0 amide bonds. The first-order valence-electron chi connectivity index (χ1n) is 5.17. The van der Waals surface area contributed by atoms with Crippen molar-refractivity contribution in [1.82, 2.24) is 0 Å². The first kappa shape index (κ1) is 13.6. The van der Waals surface area contributed by atoms with E-state index in [0.717, 1.165) is 0 Å². The summed E-state index contributed by atoms with van der Waals surface area (Å²) < 4.78 is 15.2. The summed E-state index contributed by atoms with van der Waals surface area (Å²) in [6.07, 6.45) is 0. The Labute approximate surface area is 105 Å². The number of benzene rings is 1. The topological polar surface area (TPSA) is 44.8 Å². The summed E-state index contributed by atoms with van der Waals surface area (Å²) in [5.41, 5.74) is 0.534. The van der Waals surface area contributed by atoms with E-state index in [2.05, 4.69) is 0 Å². The minimum Gasteiger partial charge on any atom is -0.493 e. The second-order valence-corrected chi connectivity index (χ2v) is 3.63. The van der Waals surface area contributed by atoms with Crippen molar-refractivity contribution in [3.8, 4) is 11.5 Å². The molecule has 0 heterocycles. The van der Waals surface area contributed by atoms with Gasteiger partial charge in [-0.3, -0.25) is 4.79 Å². The molecular weight excluding hydrogens is 244 g/mol. The van der Waals surface area contributed by atoms with E-state index in [1.165, 1.54) is 14.2 Å². The Balaban J connectivity index is 3.08. The smallest absolute Gasteiger partial charge is 0.328 e. The highest BCUT2D eigenvalue weighted by atomic mass is 35.5. The number of halogens is 1. The molecular formula is C12H15ClO4. The molecule has 0 N–H and O–H groups in total. The molecule has 1 aromatic carbocycles. The van der Waals surface area contributed by atoms with Crippen LogP contribution in [-0.4, -0.2) is 26.8 Å². The lowest BCUT2D eigenvalue weighted by molar-refractivity contribution is -0.142. The quantitative estimate of drug-likeness (QED) is 0.601. The van der Waals surface area contributed by atoms with Gasteiger partial charge in [-0.1, -0.05) is 12.1 Å². The standard InChI is InChI=1S/C12H15ClO4/c1-4-17-12(14)10(13)8-6-5-7-9(15-2)11(8)16-3/h5-7,10H,4H2,1-3H3/t10-/m0/s1. The van der Waals surface area contributed by atoms with Crippen molar-refractivity contribution >= 4 is 17.6 Å². The zero-order valence-corrected chi connectivity index (χ0v) is 10.8. The first-order chi connectivity index (χ1) is 8.15. The van der Waals surface area contributed by atoms with Gasteiger partial charge < -0.3 is 14.2 Å². The average molecular weight is 259 g/mol. The Morgan fingerprint density at radius 1 is 1.35 bits per heavy atom. The number of alkyl halides is 1. The number of hydrogen-bond donors (Lipinski definition) is 0. The van der Waals surface area contributed by atoms with Crippen molar-refractivity contribution in [2.24, 2.45) is 0 Å². The fraction of sp³-hybridized carbons (Fsp3) is 0.417. The maximum Gasteiger partial charge on any atom is 0.328 e. The molecule has 0 spiro atoms. The second-order valence-electron chi connectivity index (χ2n) is 3.20. The summed E-state index contributed by atoms with van der Waals surface area (Å²) in [4.78, 5) is 11.6. The van der Waals surface area contributed by atoms with Gasteiger partial charge in [-0.15, -0.1) is 11.6 Å². The molecule has 17 heavy (non-hydrogen) atoms. The van der Waals surface area contributed by atoms with Gasteiger partial charge >= 0.3 is 5.97 Å². The van der Waals surface area contributed by atoms with Crippen LogP contribution in [-0.2, 0) is 9.53 Å². The van der Waals surface area contributed by atoms with Crippen LogP contribution >= 0.6 is 11.6 Å². The lowest BCUT2D eigenvalue weighted by Gasteiger charge is -2.15. The zero-order chi connectivity index (χ0) is 12.8. The van der Waals surface area contributed by atoms with Gasteiger partial charge in [0.2, 0.25) is 0 Å². The Morgan fingerprint density at radius 2 is 2.06 bits per heavy atom. The molecule has 0 unspecified atom stereocenters. The Morgan fingerprint density at radius 3 is 2.59 bits per heavy atom. The Kier molecular flexibility index (Phi) is 5.10. The number of rotatable bonds is 5. The summed E-state index contributed by atoms with van der Waals surface area (Å²) in [5, 5.41) is -0.903. The Bertz CT molecular complexity index is 392. The molecule has 0 fully saturated rings. The van der Waals surface area contributed by atoms with E-state index in [1.807, 2.05) is 0 Å². The normalized spacial score (nSPS) is 11.8. The van der Waals surface area contributed by atoms with Gasteiger partial charge in [-0.25, -0.2) is 0 Å². The molecule has 0 aliphatic heterocycles. The molecule has 0 saturated carbocycles. The van der Waals surface area contributed by atoms with Gasteiger partial charge in [0, 0.05) is 5.56 Å². The van der Waals surface area contributed by atoms with Crippen molar-refractivity contribution in [2.75, 3.05) is 20.8 Å². The lowest BCUT2D eigenvalue weighted by Crippen LogP contribution is -2.12. The molecule has 0 radical (unpaired) electrons. The van der Waals surface area contributed by atoms with E-state index in [1.54, 1.807) is 25.1 Å². The minimum atomic E-state index is -0.903. The zero-order valence-electron chi connectivity index (χ0n) is 10.0. The summed E-state index contributed by atoms with van der Waals surface area (Å²) in [7, 11) is 3.02. The number of carbonyl (C=O) groups excluding carboxylic acids is 1. The summed E-state index contributed by atoms with van der Waals surface area (Å²) in [5.74, 6) is 0.476. The van der Waals surface area contributed by atoms with Crippen molar-refractivity contribution in [2.45, 2.75) is 12.3 Å². The highest BCUT2D eigenvalue weighted by molar-refractivity contribution is 6.30. The number of methoxy groups -OCH3 is 2. The van der Waals surface area contributed by atoms with E-state index in [0.29, 0.717) is 17.1 Å². The van der Waals surface area contributed by atoms with Crippen LogP contribution in [0.4, 0.5) is 0 Å². The predicted octanol–water partition coefficient (Wildman–Crippen LogP) is 2.55. The van der Waals surface area contributed by atoms with Gasteiger partial charge in [0.15, 0.2) is 16.9 Å². The van der Waals surface area contributed by atoms with Crippen LogP contribution in [0.3, 0.4) is 0 Å². The number of carbonyl (C=O) groups is 1. The third-order valence-corrected chi connectivity index (χ3v) is 2.61. The maximum absolute atomic E-state index is 11.6. The monoisotopic (exact) mass is 258 g/mol. The third kappa shape index (κ3) is 3.03. The number of ether oxygens (including phenoxy) is 3. The van der Waals surface area contributed by atoms with E-state index in [4.69, 9.17) is 25.8 Å². The third-order valence-electron chi connectivity index (χ3n) is 2.20. The summed E-state index contributed by atoms with van der Waals surface area (Å²) in [6.45, 7) is 2.01. The molecule has 1 aromatic rings. The van der Waals surface area contributed by atoms with Gasteiger partial charge in [0.05, 0.1) is 20.8 Å². The summed E-state index contributed by atoms with van der Waals surface area (Å²) >= 11 is 6.04. The van der Waals surface area contributed by atoms with Crippen LogP contribution in [0.25, 0.3) is 0 Å². The molecule has 1 atom stereocenters. The predicted molar refractivity (Wildman–Crippen MR) is 64.8 cm³/mol. The van der Waals surface area contributed by atoms with Gasteiger partial charge in [-0.2, -0.15) is 0 Å². The van der Waals surface area contributed by atoms with Crippen molar-refractivity contribution in [3.63, 3.8) is 0 Å². The van der Waals surface area contributed by atoms with Crippen LogP contribution in [0.1, 0.15) is 17.9 Å². The first-order valence-corrected chi connectivity index (χ1v) is 5.60. The van der Waals surface area contributed by atoms with Crippen LogP contribution < -0.4 is 9.47 Å². The number of esters is 1. The lowest BCUT2D eigenvalue weighted by atomic mass is 10.1. The molecule has 1 rings (SSSR count). The molecule has 0 aromatic heterocycles. The van der Waals surface area contributed by atoms with Crippen LogP contribution in [0.5, 0.6) is 11.5 Å². The summed E-state index contributed by atoms with van der Waals surface area (Å²) in [6, 6.07) is 5.18. The van der Waals surface area contributed by atoms with Crippen molar-refractivity contribution in [3.05, 3.63) is 23.8 Å². The fourth-order valence-electron chi connectivity index (χ4n) is 1.45. The van der Waals surface area contributed by atoms with Crippen LogP contribution in [0, 0.1) is 0 Å². The number of para-hydroxylation sites is 1. The molecule has 0 aliphatic carbocycles. The highest BCUT2D eigenvalue weighted by Crippen LogP contribution is 2.37. The minimum absolute atomic E-state index is 0.286. The highest BCUT2D eigenvalue weighted by Gasteiger charge is 2.24. The molecule has 0 aliphatic rings. The van der Waals surface area contributed by atoms with E-state index in [9.17, 15) is 4.79 Å². The molecule has 4 nitrogen and oxygen atoms in total. The second kappa shape index (κ2) is 6.35. The molecule has 5 heteroatoms. The molecule has 94 valence electrons. The van der Waals surface area contributed by atoms with Crippen LogP contribution in [0.15, 0.2) is 18.2 Å². The van der Waals surface area contributed by atoms with E-state index >= 15 is 0 Å². The van der Waals surface area contributed by atoms with Crippen molar-refractivity contribution in [1.29, 1.82) is 0 Å². The van der Waals surface area contributed by atoms with Gasteiger partial charge in [-0.05, 0) is 13.0 Å². The number of hydrogen-bond acceptors (Lipinski definition) is 4. The largest absolute Gasteiger partial charge is 0.493 e. The molecule has 0 bridgehead atoms.